The summed E-state index contributed by atoms with van der Waals surface area (Å²) >= 11 is 0. The fourth-order valence-corrected chi connectivity index (χ4v) is 2.81. The monoisotopic (exact) mass is 297 g/mol. The minimum Gasteiger partial charge on any atom is -0.493 e. The molecule has 1 aliphatic rings. The summed E-state index contributed by atoms with van der Waals surface area (Å²) in [5.41, 5.74) is 2.28. The van der Waals surface area contributed by atoms with E-state index < -0.39 is 0 Å². The van der Waals surface area contributed by atoms with Gasteiger partial charge in [-0.2, -0.15) is 0 Å². The minimum absolute atomic E-state index is 0.336. The zero-order chi connectivity index (χ0) is 15.2. The van der Waals surface area contributed by atoms with Gasteiger partial charge in [-0.3, -0.25) is 0 Å². The standard InChI is InChI=1S/C19H23NO2/c1-2-21-19-6-4-3-5-18(19)15-7-9-16(10-8-15)22-17-11-13-20-14-12-17/h3-10,17,20H,2,11-14H2,1H3. The molecule has 3 rings (SSSR count). The molecule has 1 aliphatic heterocycles. The Morgan fingerprint density at radius 3 is 2.45 bits per heavy atom. The molecule has 1 N–H and O–H groups in total. The van der Waals surface area contributed by atoms with Crippen molar-refractivity contribution < 1.29 is 9.47 Å². The van der Waals surface area contributed by atoms with Crippen LogP contribution in [0.5, 0.6) is 11.5 Å². The maximum absolute atomic E-state index is 6.05. The van der Waals surface area contributed by atoms with Crippen molar-refractivity contribution in [2.75, 3.05) is 19.7 Å². The molecule has 1 saturated heterocycles. The van der Waals surface area contributed by atoms with Gasteiger partial charge in [0, 0.05) is 5.56 Å². The van der Waals surface area contributed by atoms with Crippen LogP contribution in [0.2, 0.25) is 0 Å². The fourth-order valence-electron chi connectivity index (χ4n) is 2.81. The normalized spacial score (nSPS) is 15.5. The lowest BCUT2D eigenvalue weighted by molar-refractivity contribution is 0.162. The number of hydrogen-bond donors (Lipinski definition) is 1. The van der Waals surface area contributed by atoms with Crippen LogP contribution in [-0.4, -0.2) is 25.8 Å². The van der Waals surface area contributed by atoms with Crippen LogP contribution in [0.1, 0.15) is 19.8 Å². The molecule has 0 aromatic heterocycles. The van der Waals surface area contributed by atoms with Crippen LogP contribution in [-0.2, 0) is 0 Å². The Hall–Kier alpha value is -2.00. The molecule has 0 amide bonds. The van der Waals surface area contributed by atoms with Crippen LogP contribution in [0.4, 0.5) is 0 Å². The van der Waals surface area contributed by atoms with Crippen molar-refractivity contribution in [2.24, 2.45) is 0 Å². The molecule has 0 unspecified atom stereocenters. The van der Waals surface area contributed by atoms with Crippen LogP contribution in [0.15, 0.2) is 48.5 Å². The second-order valence-electron chi connectivity index (χ2n) is 5.52. The second kappa shape index (κ2) is 7.32. The largest absolute Gasteiger partial charge is 0.493 e. The molecule has 3 nitrogen and oxygen atoms in total. The highest BCUT2D eigenvalue weighted by molar-refractivity contribution is 5.70. The van der Waals surface area contributed by atoms with Crippen molar-refractivity contribution in [3.05, 3.63) is 48.5 Å². The summed E-state index contributed by atoms with van der Waals surface area (Å²) in [6.07, 6.45) is 2.49. The highest BCUT2D eigenvalue weighted by Gasteiger charge is 2.14. The predicted molar refractivity (Wildman–Crippen MR) is 89.6 cm³/mol. The van der Waals surface area contributed by atoms with Crippen LogP contribution < -0.4 is 14.8 Å². The van der Waals surface area contributed by atoms with Gasteiger partial charge in [0.1, 0.15) is 17.6 Å². The lowest BCUT2D eigenvalue weighted by atomic mass is 10.0. The average molecular weight is 297 g/mol. The Kier molecular flexibility index (Phi) is 4.96. The first-order chi connectivity index (χ1) is 10.9. The number of rotatable bonds is 5. The first kappa shape index (κ1) is 14.9. The van der Waals surface area contributed by atoms with Crippen molar-refractivity contribution in [3.8, 4) is 22.6 Å². The summed E-state index contributed by atoms with van der Waals surface area (Å²) in [7, 11) is 0. The number of piperidine rings is 1. The first-order valence-electron chi connectivity index (χ1n) is 8.06. The van der Waals surface area contributed by atoms with Crippen molar-refractivity contribution in [2.45, 2.75) is 25.9 Å². The molecule has 0 bridgehead atoms. The smallest absolute Gasteiger partial charge is 0.127 e. The van der Waals surface area contributed by atoms with E-state index in [9.17, 15) is 0 Å². The predicted octanol–water partition coefficient (Wildman–Crippen LogP) is 3.88. The zero-order valence-electron chi connectivity index (χ0n) is 13.0. The first-order valence-corrected chi connectivity index (χ1v) is 8.06. The highest BCUT2D eigenvalue weighted by atomic mass is 16.5. The fraction of sp³-hybridized carbons (Fsp3) is 0.368. The molecule has 0 aliphatic carbocycles. The third-order valence-corrected chi connectivity index (χ3v) is 3.94. The quantitative estimate of drug-likeness (QED) is 0.908. The second-order valence-corrected chi connectivity index (χ2v) is 5.52. The van der Waals surface area contributed by atoms with Crippen LogP contribution >= 0.6 is 0 Å². The van der Waals surface area contributed by atoms with Gasteiger partial charge >= 0.3 is 0 Å². The van der Waals surface area contributed by atoms with E-state index >= 15 is 0 Å². The van der Waals surface area contributed by atoms with E-state index in [0.29, 0.717) is 12.7 Å². The number of hydrogen-bond acceptors (Lipinski definition) is 3. The summed E-state index contributed by atoms with van der Waals surface area (Å²) in [4.78, 5) is 0. The van der Waals surface area contributed by atoms with Crippen molar-refractivity contribution in [3.63, 3.8) is 0 Å². The summed E-state index contributed by atoms with van der Waals surface area (Å²) < 4.78 is 11.8. The number of nitrogens with one attached hydrogen (secondary N) is 1. The zero-order valence-corrected chi connectivity index (χ0v) is 13.0. The molecular formula is C19H23NO2. The van der Waals surface area contributed by atoms with Crippen LogP contribution in [0.3, 0.4) is 0 Å². The van der Waals surface area contributed by atoms with Gasteiger partial charge in [-0.25, -0.2) is 0 Å². The molecule has 1 heterocycles. The average Bonchev–Trinajstić information content (AvgIpc) is 2.58. The lowest BCUT2D eigenvalue weighted by Gasteiger charge is -2.23. The van der Waals surface area contributed by atoms with E-state index in [1.165, 1.54) is 0 Å². The maximum atomic E-state index is 6.05. The summed E-state index contributed by atoms with van der Waals surface area (Å²) in [6.45, 7) is 4.77. The van der Waals surface area contributed by atoms with Gasteiger partial charge in [-0.15, -0.1) is 0 Å². The lowest BCUT2D eigenvalue weighted by Crippen LogP contribution is -2.34. The third kappa shape index (κ3) is 3.60. The Bertz CT molecular complexity index is 589. The molecular weight excluding hydrogens is 274 g/mol. The number of para-hydroxylation sites is 1. The van der Waals surface area contributed by atoms with E-state index in [1.807, 2.05) is 25.1 Å². The minimum atomic E-state index is 0.336. The topological polar surface area (TPSA) is 30.5 Å². The van der Waals surface area contributed by atoms with Gasteiger partial charge < -0.3 is 14.8 Å². The molecule has 0 spiro atoms. The Labute approximate surface area is 132 Å². The van der Waals surface area contributed by atoms with Crippen LogP contribution in [0.25, 0.3) is 11.1 Å². The van der Waals surface area contributed by atoms with Gasteiger partial charge in [-0.05, 0) is 56.6 Å². The van der Waals surface area contributed by atoms with Gasteiger partial charge in [0.25, 0.3) is 0 Å². The van der Waals surface area contributed by atoms with E-state index in [4.69, 9.17) is 9.47 Å². The molecule has 2 aromatic rings. The molecule has 1 fully saturated rings. The van der Waals surface area contributed by atoms with Gasteiger partial charge in [-0.1, -0.05) is 30.3 Å². The molecule has 0 saturated carbocycles. The summed E-state index contributed by atoms with van der Waals surface area (Å²) in [6, 6.07) is 16.5. The summed E-state index contributed by atoms with van der Waals surface area (Å²) in [5, 5.41) is 3.36. The van der Waals surface area contributed by atoms with E-state index in [0.717, 1.165) is 48.6 Å². The molecule has 0 atom stereocenters. The van der Waals surface area contributed by atoms with Crippen molar-refractivity contribution in [1.82, 2.24) is 5.32 Å². The number of benzene rings is 2. The van der Waals surface area contributed by atoms with E-state index in [1.54, 1.807) is 0 Å². The highest BCUT2D eigenvalue weighted by Crippen LogP contribution is 2.31. The van der Waals surface area contributed by atoms with Crippen molar-refractivity contribution >= 4 is 0 Å². The van der Waals surface area contributed by atoms with Gasteiger partial charge in [0.05, 0.1) is 6.61 Å². The molecule has 0 radical (unpaired) electrons. The van der Waals surface area contributed by atoms with Gasteiger partial charge in [0.15, 0.2) is 0 Å². The Morgan fingerprint density at radius 2 is 1.73 bits per heavy atom. The van der Waals surface area contributed by atoms with E-state index in [2.05, 4.69) is 35.6 Å². The van der Waals surface area contributed by atoms with Crippen molar-refractivity contribution in [1.29, 1.82) is 0 Å². The maximum Gasteiger partial charge on any atom is 0.127 e. The molecule has 3 heteroatoms. The summed E-state index contributed by atoms with van der Waals surface area (Å²) in [5.74, 6) is 1.88. The Morgan fingerprint density at radius 1 is 1.00 bits per heavy atom. The van der Waals surface area contributed by atoms with Gasteiger partial charge in [0.2, 0.25) is 0 Å². The molecule has 22 heavy (non-hydrogen) atoms. The number of ether oxygens (including phenoxy) is 2. The molecule has 116 valence electrons. The third-order valence-electron chi connectivity index (χ3n) is 3.94. The molecule has 2 aromatic carbocycles. The Balaban J connectivity index is 1.73. The van der Waals surface area contributed by atoms with Crippen LogP contribution in [0, 0.1) is 0 Å². The SMILES string of the molecule is CCOc1ccccc1-c1ccc(OC2CCNCC2)cc1. The van der Waals surface area contributed by atoms with E-state index in [-0.39, 0.29) is 0 Å².